The molecule has 0 aliphatic rings. The molecule has 0 spiro atoms. The van der Waals surface area contributed by atoms with E-state index in [-0.39, 0.29) is 46.2 Å². The van der Waals surface area contributed by atoms with E-state index in [1.54, 1.807) is 18.2 Å². The van der Waals surface area contributed by atoms with Crippen LogP contribution in [0.25, 0.3) is 27.9 Å². The number of anilines is 1. The van der Waals surface area contributed by atoms with Gasteiger partial charge in [0.2, 0.25) is 10.0 Å². The van der Waals surface area contributed by atoms with Crippen LogP contribution >= 0.6 is 0 Å². The van der Waals surface area contributed by atoms with Gasteiger partial charge in [-0.15, -0.1) is 0 Å². The van der Waals surface area contributed by atoms with Gasteiger partial charge in [-0.1, -0.05) is 32.9 Å². The number of pyridine rings is 1. The molecule has 0 amide bonds. The van der Waals surface area contributed by atoms with Crippen molar-refractivity contribution >= 4 is 41.5 Å². The summed E-state index contributed by atoms with van der Waals surface area (Å²) >= 11 is 0. The molecule has 4 aromatic rings. The van der Waals surface area contributed by atoms with Crippen LogP contribution in [0.3, 0.4) is 0 Å². The number of carboxylic acids is 1. The third-order valence-corrected chi connectivity index (χ3v) is 13.6. The van der Waals surface area contributed by atoms with E-state index < -0.39 is 36.1 Å². The second kappa shape index (κ2) is 12.1. The Hall–Kier alpha value is -4.07. The number of aromatic nitrogens is 2. The van der Waals surface area contributed by atoms with Crippen LogP contribution < -0.4 is 4.31 Å². The van der Waals surface area contributed by atoms with E-state index in [1.165, 1.54) is 58.5 Å². The zero-order chi connectivity index (χ0) is 32.6. The molecule has 13 heteroatoms. The number of fused-ring (bicyclic) bond motifs is 1. The monoisotopic (exact) mass is 641 g/mol. The van der Waals surface area contributed by atoms with Crippen LogP contribution in [0, 0.1) is 5.82 Å². The van der Waals surface area contributed by atoms with E-state index in [1.807, 2.05) is 0 Å². The predicted octanol–water partition coefficient (Wildman–Crippen LogP) is 6.08. The Morgan fingerprint density at radius 2 is 1.73 bits per heavy atom. The second-order valence-electron chi connectivity index (χ2n) is 12.0. The number of sulfonamides is 1. The summed E-state index contributed by atoms with van der Waals surface area (Å²) < 4.78 is 54.3. The van der Waals surface area contributed by atoms with E-state index >= 15 is 0 Å². The highest BCUT2D eigenvalue weighted by atomic mass is 32.2. The zero-order valence-electron chi connectivity index (χ0n) is 25.7. The number of carbonyl (C=O) groups is 2. The Morgan fingerprint density at radius 1 is 1.07 bits per heavy atom. The van der Waals surface area contributed by atoms with Gasteiger partial charge in [-0.05, 0) is 66.2 Å². The average molecular weight is 642 g/mol. The Balaban J connectivity index is 1.99. The molecular formula is C31H36FN3O7SSi. The van der Waals surface area contributed by atoms with Crippen LogP contribution in [0.4, 0.5) is 10.1 Å². The molecular weight excluding hydrogens is 606 g/mol. The van der Waals surface area contributed by atoms with Crippen LogP contribution in [0.1, 0.15) is 41.5 Å². The van der Waals surface area contributed by atoms with Gasteiger partial charge >= 0.3 is 11.9 Å². The highest BCUT2D eigenvalue weighted by Crippen LogP contribution is 2.39. The normalized spacial score (nSPS) is 12.4. The molecule has 0 bridgehead atoms. The molecule has 4 rings (SSSR count). The molecule has 2 heterocycles. The molecule has 2 aromatic carbocycles. The van der Waals surface area contributed by atoms with Gasteiger partial charge in [0.1, 0.15) is 17.1 Å². The number of halogens is 1. The maximum Gasteiger partial charge on any atom is 0.342 e. The number of esters is 1. The molecule has 0 radical (unpaired) electrons. The van der Waals surface area contributed by atoms with Crippen molar-refractivity contribution in [1.82, 2.24) is 9.61 Å². The molecule has 0 aliphatic heterocycles. The standard InChI is InChI=1S/C31H36FN3O7SSi/c1-31(2,3)44(6,7)42-16-15-35(43(5,39)40)26-19-34-25(18-24(26)21-9-8-10-22(17-21)29(36)37)27(30(38)41-4)28(33-34)20-11-13-23(32)14-12-20/h8-14,17-19H,15-16H2,1-7H3,(H,36,37). The van der Waals surface area contributed by atoms with Gasteiger partial charge in [0, 0.05) is 11.1 Å². The van der Waals surface area contributed by atoms with Crippen molar-refractivity contribution in [3.8, 4) is 22.4 Å². The summed E-state index contributed by atoms with van der Waals surface area (Å²) in [6.45, 7) is 10.5. The number of methoxy groups -OCH3 is 1. The van der Waals surface area contributed by atoms with Gasteiger partial charge in [-0.3, -0.25) is 4.31 Å². The van der Waals surface area contributed by atoms with E-state index in [0.29, 0.717) is 16.7 Å². The van der Waals surface area contributed by atoms with Crippen molar-refractivity contribution in [3.05, 3.63) is 77.7 Å². The lowest BCUT2D eigenvalue weighted by Crippen LogP contribution is -2.43. The number of nitrogens with zero attached hydrogens (tertiary/aromatic N) is 3. The van der Waals surface area contributed by atoms with Gasteiger partial charge in [-0.25, -0.2) is 26.9 Å². The summed E-state index contributed by atoms with van der Waals surface area (Å²) in [4.78, 5) is 24.9. The predicted molar refractivity (Wildman–Crippen MR) is 170 cm³/mol. The SMILES string of the molecule is COC(=O)c1c(-c2ccc(F)cc2)nn2cc(N(CCO[Si](C)(C)C(C)(C)C)S(C)(=O)=O)c(-c3cccc(C(=O)O)c3)cc12. The lowest BCUT2D eigenvalue weighted by molar-refractivity contribution is 0.0602. The smallest absolute Gasteiger partial charge is 0.342 e. The Bertz CT molecular complexity index is 1830. The number of hydrogen-bond acceptors (Lipinski definition) is 7. The van der Waals surface area contributed by atoms with Crippen molar-refractivity contribution in [3.63, 3.8) is 0 Å². The fourth-order valence-electron chi connectivity index (χ4n) is 4.51. The van der Waals surface area contributed by atoms with E-state index in [0.717, 1.165) is 6.26 Å². The highest BCUT2D eigenvalue weighted by molar-refractivity contribution is 7.92. The average Bonchev–Trinajstić information content (AvgIpc) is 3.31. The van der Waals surface area contributed by atoms with E-state index in [2.05, 4.69) is 39.0 Å². The Morgan fingerprint density at radius 3 is 2.30 bits per heavy atom. The first-order valence-corrected chi connectivity index (χ1v) is 18.6. The first-order valence-electron chi connectivity index (χ1n) is 13.8. The molecule has 0 saturated heterocycles. The molecule has 2 aromatic heterocycles. The molecule has 0 atom stereocenters. The Labute approximate surface area is 257 Å². The summed E-state index contributed by atoms with van der Waals surface area (Å²) in [7, 11) is -4.90. The third kappa shape index (κ3) is 6.69. The van der Waals surface area contributed by atoms with Gasteiger partial charge in [0.05, 0.1) is 49.5 Å². The lowest BCUT2D eigenvalue weighted by atomic mass is 10.0. The zero-order valence-corrected chi connectivity index (χ0v) is 27.5. The minimum Gasteiger partial charge on any atom is -0.478 e. The maximum atomic E-state index is 13.7. The number of aromatic carboxylic acids is 1. The second-order valence-corrected chi connectivity index (χ2v) is 18.7. The number of carboxylic acid groups (broad SMARTS) is 1. The van der Waals surface area contributed by atoms with Gasteiger partial charge in [-0.2, -0.15) is 5.10 Å². The van der Waals surface area contributed by atoms with E-state index in [4.69, 9.17) is 9.16 Å². The molecule has 0 fully saturated rings. The molecule has 234 valence electrons. The Kier molecular flexibility index (Phi) is 9.06. The van der Waals surface area contributed by atoms with Gasteiger partial charge in [0.15, 0.2) is 8.32 Å². The summed E-state index contributed by atoms with van der Waals surface area (Å²) in [6.07, 6.45) is 2.55. The van der Waals surface area contributed by atoms with Gasteiger partial charge in [0.25, 0.3) is 0 Å². The van der Waals surface area contributed by atoms with Gasteiger partial charge < -0.3 is 14.3 Å². The fraction of sp³-hybridized carbons (Fsp3) is 0.323. The van der Waals surface area contributed by atoms with Crippen LogP contribution in [0.5, 0.6) is 0 Å². The molecule has 0 saturated carbocycles. The van der Waals surface area contributed by atoms with Crippen molar-refractivity contribution in [1.29, 1.82) is 0 Å². The topological polar surface area (TPSA) is 128 Å². The molecule has 0 aliphatic carbocycles. The minimum atomic E-state index is -3.90. The number of rotatable bonds is 10. The molecule has 1 N–H and O–H groups in total. The number of carbonyl (C=O) groups excluding carboxylic acids is 1. The summed E-state index contributed by atoms with van der Waals surface area (Å²) in [6, 6.07) is 13.1. The molecule has 10 nitrogen and oxygen atoms in total. The minimum absolute atomic E-state index is 0.00538. The van der Waals surface area contributed by atoms with Crippen molar-refractivity contribution in [2.75, 3.05) is 30.8 Å². The third-order valence-electron chi connectivity index (χ3n) is 7.91. The fourth-order valence-corrected chi connectivity index (χ4v) is 6.45. The van der Waals surface area contributed by atoms with Crippen LogP contribution in [-0.4, -0.2) is 69.9 Å². The first-order chi connectivity index (χ1) is 20.4. The number of benzene rings is 2. The van der Waals surface area contributed by atoms with Crippen LogP contribution in [0.2, 0.25) is 18.1 Å². The molecule has 0 unspecified atom stereocenters. The number of hydrogen-bond donors (Lipinski definition) is 1. The summed E-state index contributed by atoms with van der Waals surface area (Å²) in [5.74, 6) is -2.33. The summed E-state index contributed by atoms with van der Waals surface area (Å²) in [5, 5.41) is 14.2. The highest BCUT2D eigenvalue weighted by Gasteiger charge is 2.37. The maximum absolute atomic E-state index is 13.7. The van der Waals surface area contributed by atoms with E-state index in [9.17, 15) is 27.5 Å². The number of ether oxygens (including phenoxy) is 1. The van der Waals surface area contributed by atoms with Crippen LogP contribution in [0.15, 0.2) is 60.8 Å². The van der Waals surface area contributed by atoms with Crippen LogP contribution in [-0.2, 0) is 19.2 Å². The molecule has 44 heavy (non-hydrogen) atoms. The van der Waals surface area contributed by atoms with Crippen molar-refractivity contribution in [2.45, 2.75) is 38.9 Å². The first kappa shape index (κ1) is 32.8. The van der Waals surface area contributed by atoms with Crippen molar-refractivity contribution < 1.29 is 36.7 Å². The lowest BCUT2D eigenvalue weighted by Gasteiger charge is -2.37. The largest absolute Gasteiger partial charge is 0.478 e. The van der Waals surface area contributed by atoms with Crippen molar-refractivity contribution in [2.24, 2.45) is 0 Å². The summed E-state index contributed by atoms with van der Waals surface area (Å²) in [5.41, 5.74) is 1.94. The quantitative estimate of drug-likeness (QED) is 0.163.